The van der Waals surface area contributed by atoms with Crippen LogP contribution in [0.5, 0.6) is 0 Å². The van der Waals surface area contributed by atoms with Crippen LogP contribution in [0.4, 0.5) is 0 Å². The van der Waals surface area contributed by atoms with E-state index in [0.717, 1.165) is 65.6 Å². The van der Waals surface area contributed by atoms with Gasteiger partial charge in [0, 0.05) is 27.6 Å². The lowest BCUT2D eigenvalue weighted by molar-refractivity contribution is 0.568. The molecule has 4 heterocycles. The predicted molar refractivity (Wildman–Crippen MR) is 287 cm³/mol. The fraction of sp³-hybridized carbons (Fsp3) is 0.279. The quantitative estimate of drug-likeness (QED) is 0.163. The fourth-order valence-corrected chi connectivity index (χ4v) is 8.93. The first-order valence-electron chi connectivity index (χ1n) is 23.3. The van der Waals surface area contributed by atoms with Crippen molar-refractivity contribution < 1.29 is 0 Å². The second-order valence-corrected chi connectivity index (χ2v) is 23.2. The number of aryl methyl sites for hydroxylation is 1. The van der Waals surface area contributed by atoms with Crippen molar-refractivity contribution in [2.45, 2.75) is 112 Å². The van der Waals surface area contributed by atoms with Crippen LogP contribution in [0.1, 0.15) is 122 Å². The Kier molecular flexibility index (Phi) is 12.4. The zero-order chi connectivity index (χ0) is 49.1. The number of hydrogen-bond donors (Lipinski definition) is 2. The van der Waals surface area contributed by atoms with Gasteiger partial charge in [-0.3, -0.25) is 9.97 Å². The molecule has 342 valence electrons. The fourth-order valence-electron chi connectivity index (χ4n) is 8.70. The molecule has 0 fully saturated rings. The van der Waals surface area contributed by atoms with E-state index in [0.29, 0.717) is 33.4 Å². The van der Waals surface area contributed by atoms with Crippen molar-refractivity contribution in [3.63, 3.8) is 0 Å². The number of aromatic amines is 2. The maximum atomic E-state index is 11.1. The number of nitrogens with zero attached hydrogens (tertiary/aromatic N) is 4. The molecular formula is C61H61BrN6. The summed E-state index contributed by atoms with van der Waals surface area (Å²) in [7, 11) is 0. The van der Waals surface area contributed by atoms with Gasteiger partial charge in [-0.1, -0.05) is 168 Å². The Hall–Kier alpha value is -6.80. The Labute approximate surface area is 410 Å². The Bertz CT molecular complexity index is 3250. The molecule has 0 bridgehead atoms. The monoisotopic (exact) mass is 956 g/mol. The highest BCUT2D eigenvalue weighted by molar-refractivity contribution is 9.10. The normalized spacial score (nSPS) is 13.3. The van der Waals surface area contributed by atoms with E-state index in [1.807, 2.05) is 31.2 Å². The summed E-state index contributed by atoms with van der Waals surface area (Å²) in [5.41, 5.74) is 15.8. The van der Waals surface area contributed by atoms with Gasteiger partial charge in [0.25, 0.3) is 0 Å². The van der Waals surface area contributed by atoms with Crippen LogP contribution in [0.2, 0.25) is 0 Å². The van der Waals surface area contributed by atoms with Gasteiger partial charge in [0.15, 0.2) is 0 Å². The summed E-state index contributed by atoms with van der Waals surface area (Å²) in [6, 6.07) is 41.4. The third-order valence-electron chi connectivity index (χ3n) is 12.9. The first-order chi connectivity index (χ1) is 31.9. The van der Waals surface area contributed by atoms with E-state index in [2.05, 4.69) is 205 Å². The first kappa shape index (κ1) is 47.7. The summed E-state index contributed by atoms with van der Waals surface area (Å²) >= 11 is 3.54. The standard InChI is InChI=1S/C61H61BrN6/c1-36-25-26-65-50(27-36)48(34-63)55-51-52(54(67-55)40-21-17-38(18-22-40)42-30-45(60(8,9)10)33-46(31-42)61(11,12)13)57(56(64-14)49-24-23-47(62)35-66-49)68-53(51)39-19-15-37(16-20-39)41-28-43(58(2,3)4)32-44(29-41)59(5,6)7/h15-33,35,67-68H,1-13H3/b55-48-,57-56+. The Morgan fingerprint density at radius 1 is 0.529 bits per heavy atom. The van der Waals surface area contributed by atoms with Gasteiger partial charge in [0.2, 0.25) is 5.70 Å². The second kappa shape index (κ2) is 17.7. The van der Waals surface area contributed by atoms with Crippen LogP contribution in [0.3, 0.4) is 0 Å². The molecule has 0 aliphatic rings. The second-order valence-electron chi connectivity index (χ2n) is 22.3. The van der Waals surface area contributed by atoms with Crippen molar-refractivity contribution in [2.75, 3.05) is 0 Å². The summed E-state index contributed by atoms with van der Waals surface area (Å²) in [4.78, 5) is 21.2. The molecule has 0 spiro atoms. The minimum absolute atomic E-state index is 0.0278. The van der Waals surface area contributed by atoms with Crippen LogP contribution in [0.25, 0.3) is 71.7 Å². The van der Waals surface area contributed by atoms with Gasteiger partial charge in [0.05, 0.1) is 40.0 Å². The maximum absolute atomic E-state index is 11.1. The van der Waals surface area contributed by atoms with Gasteiger partial charge in [-0.15, -0.1) is 0 Å². The number of pyridine rings is 2. The smallest absolute Gasteiger partial charge is 0.235 e. The lowest BCUT2D eigenvalue weighted by Crippen LogP contribution is -2.16. The summed E-state index contributed by atoms with van der Waals surface area (Å²) in [6.45, 7) is 37.8. The van der Waals surface area contributed by atoms with Gasteiger partial charge in [-0.2, -0.15) is 5.26 Å². The van der Waals surface area contributed by atoms with E-state index < -0.39 is 0 Å². The molecule has 0 saturated carbocycles. The summed E-state index contributed by atoms with van der Waals surface area (Å²) in [5, 5.41) is 13.9. The van der Waals surface area contributed by atoms with Crippen molar-refractivity contribution >= 4 is 38.0 Å². The lowest BCUT2D eigenvalue weighted by atomic mass is 9.79. The SMILES string of the molecule is [C-]#[N+]/C(c1ccc(Br)cn1)=c1/[nH]c(-c2ccc(-c3cc(C(C)(C)C)cc(C(C)(C)C)c3)cc2)c2/c(=C(\C#N)c3cc(C)ccn3)[nH]c(-c3ccc(-c4cc(C(C)(C)C)cc(C(C)(C)C)c4)cc3)c12. The van der Waals surface area contributed by atoms with E-state index in [4.69, 9.17) is 16.5 Å². The topological polar surface area (TPSA) is 85.5 Å². The minimum Gasteiger partial charge on any atom is -0.363 e. The van der Waals surface area contributed by atoms with Crippen LogP contribution in [0.15, 0.2) is 126 Å². The zero-order valence-electron chi connectivity index (χ0n) is 41.7. The molecule has 0 radical (unpaired) electrons. The molecule has 0 aliphatic carbocycles. The highest BCUT2D eigenvalue weighted by Crippen LogP contribution is 2.38. The summed E-state index contributed by atoms with van der Waals surface area (Å²) in [6.07, 6.45) is 3.46. The van der Waals surface area contributed by atoms with Crippen LogP contribution in [-0.2, 0) is 21.7 Å². The summed E-state index contributed by atoms with van der Waals surface area (Å²) in [5.74, 6) is 0. The largest absolute Gasteiger partial charge is 0.363 e. The molecule has 2 N–H and O–H groups in total. The zero-order valence-corrected chi connectivity index (χ0v) is 43.3. The van der Waals surface area contributed by atoms with Crippen molar-refractivity contribution in [1.29, 1.82) is 5.26 Å². The highest BCUT2D eigenvalue weighted by Gasteiger charge is 2.26. The molecule has 0 aliphatic heterocycles. The number of halogens is 1. The van der Waals surface area contributed by atoms with Crippen molar-refractivity contribution in [3.8, 4) is 50.8 Å². The predicted octanol–water partition coefficient (Wildman–Crippen LogP) is 15.0. The number of nitriles is 1. The molecule has 0 atom stereocenters. The van der Waals surface area contributed by atoms with Gasteiger partial charge in [-0.05, 0) is 130 Å². The van der Waals surface area contributed by atoms with Gasteiger partial charge < -0.3 is 9.97 Å². The molecule has 4 aromatic carbocycles. The van der Waals surface area contributed by atoms with E-state index in [1.165, 1.54) is 22.3 Å². The van der Waals surface area contributed by atoms with Crippen molar-refractivity contribution in [1.82, 2.24) is 19.9 Å². The molecule has 7 heteroatoms. The number of rotatable bonds is 6. The van der Waals surface area contributed by atoms with Gasteiger partial charge in [-0.25, -0.2) is 4.85 Å². The van der Waals surface area contributed by atoms with E-state index in [1.54, 1.807) is 12.4 Å². The summed E-state index contributed by atoms with van der Waals surface area (Å²) < 4.78 is 0.817. The van der Waals surface area contributed by atoms with Crippen LogP contribution in [0, 0.1) is 24.8 Å². The number of hydrogen-bond acceptors (Lipinski definition) is 3. The Balaban J connectivity index is 1.43. The Morgan fingerprint density at radius 2 is 0.956 bits per heavy atom. The molecule has 0 saturated heterocycles. The third kappa shape index (κ3) is 9.51. The van der Waals surface area contributed by atoms with Gasteiger partial charge in [0.1, 0.15) is 11.6 Å². The number of benzene rings is 4. The third-order valence-corrected chi connectivity index (χ3v) is 13.4. The molecule has 6 nitrogen and oxygen atoms in total. The lowest BCUT2D eigenvalue weighted by Gasteiger charge is -2.26. The number of fused-ring (bicyclic) bond motifs is 1. The minimum atomic E-state index is -0.0278. The van der Waals surface area contributed by atoms with E-state index >= 15 is 0 Å². The van der Waals surface area contributed by atoms with Crippen LogP contribution >= 0.6 is 15.9 Å². The van der Waals surface area contributed by atoms with E-state index in [9.17, 15) is 5.26 Å². The number of nitrogens with one attached hydrogen (secondary N) is 2. The van der Waals surface area contributed by atoms with Crippen molar-refractivity contribution in [2.24, 2.45) is 0 Å². The molecular weight excluding hydrogens is 897 g/mol. The molecule has 4 aromatic heterocycles. The van der Waals surface area contributed by atoms with Crippen LogP contribution in [-0.4, -0.2) is 19.9 Å². The molecule has 8 aromatic rings. The molecule has 0 unspecified atom stereocenters. The highest BCUT2D eigenvalue weighted by atomic mass is 79.9. The molecule has 68 heavy (non-hydrogen) atoms. The molecule has 8 rings (SSSR count). The first-order valence-corrected chi connectivity index (χ1v) is 24.1. The average molecular weight is 958 g/mol. The molecule has 0 amide bonds. The maximum Gasteiger partial charge on any atom is 0.235 e. The number of H-pyrrole nitrogens is 2. The number of aromatic nitrogens is 4. The van der Waals surface area contributed by atoms with E-state index in [-0.39, 0.29) is 21.7 Å². The van der Waals surface area contributed by atoms with Crippen LogP contribution < -0.4 is 10.7 Å². The van der Waals surface area contributed by atoms with Crippen molar-refractivity contribution in [3.05, 3.63) is 187 Å². The average Bonchev–Trinajstić information content (AvgIpc) is 3.86. The van der Waals surface area contributed by atoms with Gasteiger partial charge >= 0.3 is 0 Å². The Morgan fingerprint density at radius 3 is 1.34 bits per heavy atom.